The van der Waals surface area contributed by atoms with Gasteiger partial charge in [0.15, 0.2) is 0 Å². The van der Waals surface area contributed by atoms with E-state index in [1.807, 2.05) is 0 Å². The number of halogens is 2. The average molecular weight is 698 g/mol. The molecular weight excluding hydrogens is 655 g/mol. The molecule has 0 radical (unpaired) electrons. The predicted octanol–water partition coefficient (Wildman–Crippen LogP) is 4.68. The van der Waals surface area contributed by atoms with Crippen molar-refractivity contribution in [1.82, 2.24) is 0 Å². The molecule has 0 bridgehead atoms. The Morgan fingerprint density at radius 1 is 0.682 bits per heavy atom. The number of fused-ring (bicyclic) bond motifs is 3. The Bertz CT molecular complexity index is 1730. The van der Waals surface area contributed by atoms with Crippen molar-refractivity contribution >= 4 is 30.3 Å². The first kappa shape index (κ1) is 36.0. The minimum atomic E-state index is 0. The Morgan fingerprint density at radius 2 is 1.27 bits per heavy atom. The van der Waals surface area contributed by atoms with Crippen LogP contribution in [0.3, 0.4) is 0 Å². The fourth-order valence-corrected chi connectivity index (χ4v) is 7.62. The molecule has 44 heavy (non-hydrogen) atoms. The van der Waals surface area contributed by atoms with Crippen LogP contribution in [0, 0.1) is 0 Å². The zero-order chi connectivity index (χ0) is 29.6. The van der Waals surface area contributed by atoms with Gasteiger partial charge in [0.05, 0.1) is 0 Å². The van der Waals surface area contributed by atoms with Crippen LogP contribution in [-0.4, -0.2) is 3.21 Å². The summed E-state index contributed by atoms with van der Waals surface area (Å²) < 4.78 is 1.42. The van der Waals surface area contributed by atoms with Crippen LogP contribution in [-0.2, 0) is 56.3 Å². The van der Waals surface area contributed by atoms with Crippen molar-refractivity contribution < 1.29 is 49.0 Å². The molecule has 5 aromatic carbocycles. The average Bonchev–Trinajstić information content (AvgIpc) is 3.72. The van der Waals surface area contributed by atoms with Crippen LogP contribution >= 0.6 is 0 Å². The van der Waals surface area contributed by atoms with Crippen LogP contribution in [0.15, 0.2) is 97.1 Å². The van der Waals surface area contributed by atoms with Gasteiger partial charge in [0.1, 0.15) is 0 Å². The van der Waals surface area contributed by atoms with E-state index in [2.05, 4.69) is 132 Å². The summed E-state index contributed by atoms with van der Waals surface area (Å²) in [6.45, 7) is 11.6. The van der Waals surface area contributed by atoms with Gasteiger partial charge in [0.2, 0.25) is 0 Å². The van der Waals surface area contributed by atoms with Gasteiger partial charge in [-0.15, -0.1) is 33.7 Å². The summed E-state index contributed by atoms with van der Waals surface area (Å²) in [5.74, 6) is 0. The zero-order valence-corrected chi connectivity index (χ0v) is 30.7. The molecule has 3 heteroatoms. The summed E-state index contributed by atoms with van der Waals surface area (Å²) in [7, 11) is 0. The summed E-state index contributed by atoms with van der Waals surface area (Å²) >= 11 is 1.46. The summed E-state index contributed by atoms with van der Waals surface area (Å²) in [5.41, 5.74) is 13.5. The molecule has 0 fully saturated rings. The van der Waals surface area contributed by atoms with Gasteiger partial charge in [-0.3, -0.25) is 0 Å². The van der Waals surface area contributed by atoms with Gasteiger partial charge in [-0.25, -0.2) is 0 Å². The van der Waals surface area contributed by atoms with Gasteiger partial charge >= 0.3 is 99.2 Å². The Hall–Kier alpha value is -2.44. The van der Waals surface area contributed by atoms with E-state index < -0.39 is 0 Å². The number of benzene rings is 4. The molecule has 6 rings (SSSR count). The van der Waals surface area contributed by atoms with Gasteiger partial charge in [-0.1, -0.05) is 97.9 Å². The number of allylic oxidation sites excluding steroid dienone is 4. The number of aryl methyl sites for hydroxylation is 3. The second-order valence-corrected chi connectivity index (χ2v) is 12.4. The molecule has 0 amide bonds. The second-order valence-electron chi connectivity index (χ2n) is 11.2. The molecule has 1 aliphatic rings. The van der Waals surface area contributed by atoms with Crippen LogP contribution in [0.5, 0.6) is 0 Å². The third-order valence-electron chi connectivity index (χ3n) is 8.80. The molecule has 0 nitrogen and oxygen atoms in total. The maximum atomic E-state index is 2.51. The molecule has 0 N–H and O–H groups in total. The first-order valence-electron chi connectivity index (χ1n) is 15.8. The normalized spacial score (nSPS) is 11.9. The minimum absolute atomic E-state index is 0. The molecule has 0 spiro atoms. The molecule has 5 aromatic rings. The van der Waals surface area contributed by atoms with Crippen molar-refractivity contribution in [3.63, 3.8) is 0 Å². The quantitative estimate of drug-likeness (QED) is 0.207. The fraction of sp³-hybridized carbons (Fsp3) is 0.268. The Morgan fingerprint density at radius 3 is 1.75 bits per heavy atom. The summed E-state index contributed by atoms with van der Waals surface area (Å²) in [6, 6.07) is 28.5. The number of hydrogen-bond donors (Lipinski definition) is 0. The summed E-state index contributed by atoms with van der Waals surface area (Å²) in [6.07, 6.45) is 13.5. The molecule has 0 heterocycles. The third kappa shape index (κ3) is 7.17. The Kier molecular flexibility index (Phi) is 13.7. The first-order valence-corrected chi connectivity index (χ1v) is 17.1. The van der Waals surface area contributed by atoms with Gasteiger partial charge in [-0.05, 0) is 38.5 Å². The molecule has 0 unspecified atom stereocenters. The zero-order valence-electron chi connectivity index (χ0n) is 26.7. The van der Waals surface area contributed by atoms with Crippen LogP contribution in [0.1, 0.15) is 85.5 Å². The van der Waals surface area contributed by atoms with Crippen LogP contribution in [0.2, 0.25) is 0 Å². The molecular formula is C41H43Cl2Zr-. The summed E-state index contributed by atoms with van der Waals surface area (Å²) in [4.78, 5) is 0. The first-order chi connectivity index (χ1) is 20.6. The molecule has 226 valence electrons. The van der Waals surface area contributed by atoms with Crippen molar-refractivity contribution in [2.75, 3.05) is 0 Å². The Balaban J connectivity index is 0.000000280. The van der Waals surface area contributed by atoms with Gasteiger partial charge < -0.3 is 24.8 Å². The van der Waals surface area contributed by atoms with Crippen LogP contribution in [0.4, 0.5) is 0 Å². The van der Waals surface area contributed by atoms with Gasteiger partial charge in [-0.2, -0.15) is 0 Å². The SMILES string of the molecule is CCc1cc(CC)c2c(c1)[cH-]c1c(C3=CC=CC3)c(CC)c(CC)c(CC)c12.[Cl-].[Cl-].[Zr+2]=[C](c1ccccc1)c1ccccc1. The van der Waals surface area contributed by atoms with Gasteiger partial charge in [0, 0.05) is 0 Å². The van der Waals surface area contributed by atoms with E-state index >= 15 is 0 Å². The molecule has 0 aromatic heterocycles. The van der Waals surface area contributed by atoms with Crippen molar-refractivity contribution in [2.24, 2.45) is 0 Å². The monoisotopic (exact) mass is 695 g/mol. The van der Waals surface area contributed by atoms with E-state index in [9.17, 15) is 0 Å². The van der Waals surface area contributed by atoms with E-state index in [-0.39, 0.29) is 24.8 Å². The molecule has 0 aliphatic heterocycles. The fourth-order valence-electron chi connectivity index (χ4n) is 6.80. The third-order valence-corrected chi connectivity index (χ3v) is 10.2. The topological polar surface area (TPSA) is 0 Å². The van der Waals surface area contributed by atoms with Crippen molar-refractivity contribution in [2.45, 2.75) is 73.1 Å². The van der Waals surface area contributed by atoms with Crippen molar-refractivity contribution in [1.29, 1.82) is 0 Å². The van der Waals surface area contributed by atoms with Crippen LogP contribution < -0.4 is 24.8 Å². The summed E-state index contributed by atoms with van der Waals surface area (Å²) in [5, 5.41) is 6.02. The second kappa shape index (κ2) is 16.8. The van der Waals surface area contributed by atoms with Crippen molar-refractivity contribution in [3.8, 4) is 0 Å². The molecule has 0 saturated heterocycles. The maximum absolute atomic E-state index is 2.51. The van der Waals surface area contributed by atoms with E-state index in [4.69, 9.17) is 0 Å². The molecule has 1 aliphatic carbocycles. The van der Waals surface area contributed by atoms with Gasteiger partial charge in [0.25, 0.3) is 0 Å². The molecule has 0 saturated carbocycles. The number of rotatable bonds is 8. The predicted molar refractivity (Wildman–Crippen MR) is 182 cm³/mol. The van der Waals surface area contributed by atoms with E-state index in [0.29, 0.717) is 0 Å². The van der Waals surface area contributed by atoms with Crippen molar-refractivity contribution in [3.05, 3.63) is 142 Å². The van der Waals surface area contributed by atoms with E-state index in [1.54, 1.807) is 22.1 Å². The van der Waals surface area contributed by atoms with Crippen LogP contribution in [0.25, 0.3) is 27.1 Å². The number of hydrogen-bond acceptors (Lipinski definition) is 0. The van der Waals surface area contributed by atoms with E-state index in [1.165, 1.54) is 77.0 Å². The standard InChI is InChI=1S/C28H33.C13H10.2ClH.Zr/c1-6-18-15-19(7-2)26-21(16-18)17-25-27(20-13-11-12-14-20)23(9-4)22(8-3)24(10-5)28(25)26;1-3-7-12(8-4-1)11-13-9-5-2-6-10-13;;;/h11-13,15-17H,6-10,14H2,1-5H3;1-10H;2*1H;/q-1;;;;+2/p-2. The van der Waals surface area contributed by atoms with E-state index in [0.717, 1.165) is 38.5 Å². The Labute approximate surface area is 292 Å². The molecule has 0 atom stereocenters.